The van der Waals surface area contributed by atoms with Crippen LogP contribution in [0.2, 0.25) is 0 Å². The highest BCUT2D eigenvalue weighted by molar-refractivity contribution is 5.91. The van der Waals surface area contributed by atoms with Crippen LogP contribution in [0.4, 0.5) is 11.4 Å². The molecule has 3 N–H and O–H groups in total. The number of rotatable bonds is 4. The van der Waals surface area contributed by atoms with E-state index in [2.05, 4.69) is 0 Å². The summed E-state index contributed by atoms with van der Waals surface area (Å²) in [4.78, 5) is 34.3. The van der Waals surface area contributed by atoms with E-state index in [4.69, 9.17) is 15.6 Å². The molecule has 0 saturated carbocycles. The number of benzene rings is 1. The molecule has 1 heterocycles. The van der Waals surface area contributed by atoms with Gasteiger partial charge in [-0.05, 0) is 12.1 Å². The maximum absolute atomic E-state index is 11.4. The Balaban J connectivity index is 2.48. The number of carboxylic acid groups (broad SMARTS) is 1. The van der Waals surface area contributed by atoms with Crippen LogP contribution in [0, 0.1) is 10.1 Å². The Morgan fingerprint density at radius 3 is 2.76 bits per heavy atom. The Morgan fingerprint density at radius 2 is 2.19 bits per heavy atom. The molecular formula is C12H13N3O6. The minimum Gasteiger partial charge on any atom is -0.478 e. The first-order valence-electron chi connectivity index (χ1n) is 6.07. The minimum atomic E-state index is -1.27. The van der Waals surface area contributed by atoms with Crippen molar-refractivity contribution in [2.45, 2.75) is 6.04 Å². The number of nitro benzene ring substituents is 1. The van der Waals surface area contributed by atoms with Crippen molar-refractivity contribution in [1.29, 1.82) is 0 Å². The summed E-state index contributed by atoms with van der Waals surface area (Å²) in [6, 6.07) is 2.69. The van der Waals surface area contributed by atoms with Gasteiger partial charge in [0.05, 0.1) is 23.7 Å². The highest BCUT2D eigenvalue weighted by Gasteiger charge is 2.32. The molecule has 0 aromatic heterocycles. The summed E-state index contributed by atoms with van der Waals surface area (Å²) >= 11 is 0. The number of carboxylic acids is 1. The second-order valence-corrected chi connectivity index (χ2v) is 4.45. The van der Waals surface area contributed by atoms with Gasteiger partial charge in [0.1, 0.15) is 11.7 Å². The largest absolute Gasteiger partial charge is 0.478 e. The number of nitro groups is 1. The van der Waals surface area contributed by atoms with E-state index < -0.39 is 22.8 Å². The number of nitrogens with zero attached hydrogens (tertiary/aromatic N) is 2. The fraction of sp³-hybridized carbons (Fsp3) is 0.333. The molecule has 2 rings (SSSR count). The first-order chi connectivity index (χ1) is 9.91. The van der Waals surface area contributed by atoms with E-state index in [9.17, 15) is 19.7 Å². The number of ether oxygens (including phenoxy) is 1. The molecule has 1 saturated heterocycles. The molecule has 1 aromatic rings. The van der Waals surface area contributed by atoms with Crippen LogP contribution in [0.1, 0.15) is 10.4 Å². The fourth-order valence-electron chi connectivity index (χ4n) is 2.17. The van der Waals surface area contributed by atoms with E-state index in [-0.39, 0.29) is 30.1 Å². The summed E-state index contributed by atoms with van der Waals surface area (Å²) < 4.78 is 5.15. The first-order valence-corrected chi connectivity index (χ1v) is 6.07. The van der Waals surface area contributed by atoms with Gasteiger partial charge in [0.15, 0.2) is 0 Å². The van der Waals surface area contributed by atoms with Gasteiger partial charge in [0.2, 0.25) is 5.91 Å². The Hall–Kier alpha value is -2.68. The van der Waals surface area contributed by atoms with Crippen LogP contribution >= 0.6 is 0 Å². The summed E-state index contributed by atoms with van der Waals surface area (Å²) in [5.74, 6) is -1.93. The number of anilines is 1. The van der Waals surface area contributed by atoms with Gasteiger partial charge in [0.25, 0.3) is 5.69 Å². The SMILES string of the molecule is NC(=O)C1COCCN1c1ccc(C(=O)O)cc1[N+](=O)[O-]. The molecule has 1 atom stereocenters. The van der Waals surface area contributed by atoms with Crippen LogP contribution in [0.25, 0.3) is 0 Å². The molecule has 0 spiro atoms. The first kappa shape index (κ1) is 14.7. The predicted octanol–water partition coefficient (Wildman–Crippen LogP) is -0.0165. The van der Waals surface area contributed by atoms with Gasteiger partial charge in [0, 0.05) is 12.6 Å². The molecular weight excluding hydrogens is 282 g/mol. The highest BCUT2D eigenvalue weighted by atomic mass is 16.6. The molecule has 0 bridgehead atoms. The third kappa shape index (κ3) is 2.92. The van der Waals surface area contributed by atoms with Crippen molar-refractivity contribution in [3.8, 4) is 0 Å². The summed E-state index contributed by atoms with van der Waals surface area (Å²) in [7, 11) is 0. The standard InChI is InChI=1S/C12H13N3O6/c13-11(16)10-6-21-4-3-14(10)8-2-1-7(12(17)18)5-9(8)15(19)20/h1-2,5,10H,3-4,6H2,(H2,13,16)(H,17,18). The molecule has 1 unspecified atom stereocenters. The number of hydrogen-bond acceptors (Lipinski definition) is 6. The van der Waals surface area contributed by atoms with Crippen LogP contribution in [0.3, 0.4) is 0 Å². The van der Waals surface area contributed by atoms with Gasteiger partial charge in [-0.3, -0.25) is 14.9 Å². The van der Waals surface area contributed by atoms with Crippen LogP contribution in [0.15, 0.2) is 18.2 Å². The number of carbonyl (C=O) groups excluding carboxylic acids is 1. The third-order valence-electron chi connectivity index (χ3n) is 3.19. The molecule has 1 aliphatic heterocycles. The number of morpholine rings is 1. The molecule has 9 heteroatoms. The Kier molecular flexibility index (Phi) is 4.03. The van der Waals surface area contributed by atoms with Gasteiger partial charge >= 0.3 is 5.97 Å². The van der Waals surface area contributed by atoms with Crippen molar-refractivity contribution < 1.29 is 24.4 Å². The molecule has 1 amide bonds. The molecule has 1 aliphatic rings. The normalized spacial score (nSPS) is 18.3. The molecule has 1 fully saturated rings. The van der Waals surface area contributed by atoms with E-state index in [1.165, 1.54) is 17.0 Å². The highest BCUT2D eigenvalue weighted by Crippen LogP contribution is 2.31. The number of amides is 1. The number of carbonyl (C=O) groups is 2. The summed E-state index contributed by atoms with van der Waals surface area (Å²) in [5, 5.41) is 20.1. The average Bonchev–Trinajstić information content (AvgIpc) is 2.46. The lowest BCUT2D eigenvalue weighted by molar-refractivity contribution is -0.384. The zero-order chi connectivity index (χ0) is 15.6. The number of aromatic carboxylic acids is 1. The lowest BCUT2D eigenvalue weighted by Crippen LogP contribution is -2.52. The lowest BCUT2D eigenvalue weighted by atomic mass is 10.1. The molecule has 9 nitrogen and oxygen atoms in total. The zero-order valence-electron chi connectivity index (χ0n) is 10.9. The fourth-order valence-corrected chi connectivity index (χ4v) is 2.17. The molecule has 112 valence electrons. The minimum absolute atomic E-state index is 0.0349. The van der Waals surface area contributed by atoms with E-state index in [0.717, 1.165) is 6.07 Å². The van der Waals surface area contributed by atoms with E-state index in [1.807, 2.05) is 0 Å². The molecule has 21 heavy (non-hydrogen) atoms. The van der Waals surface area contributed by atoms with E-state index in [0.29, 0.717) is 6.61 Å². The summed E-state index contributed by atoms with van der Waals surface area (Å²) in [6.07, 6.45) is 0. The van der Waals surface area contributed by atoms with Crippen LogP contribution in [-0.4, -0.2) is 47.7 Å². The van der Waals surface area contributed by atoms with Crippen LogP contribution in [-0.2, 0) is 9.53 Å². The Labute approximate surface area is 119 Å². The van der Waals surface area contributed by atoms with E-state index >= 15 is 0 Å². The average molecular weight is 295 g/mol. The maximum Gasteiger partial charge on any atom is 0.335 e. The smallest absolute Gasteiger partial charge is 0.335 e. The van der Waals surface area contributed by atoms with E-state index in [1.54, 1.807) is 0 Å². The Bertz CT molecular complexity index is 603. The van der Waals surface area contributed by atoms with Gasteiger partial charge in [-0.1, -0.05) is 0 Å². The Morgan fingerprint density at radius 1 is 1.48 bits per heavy atom. The monoisotopic (exact) mass is 295 g/mol. The summed E-state index contributed by atoms with van der Waals surface area (Å²) in [6.45, 7) is 0.579. The number of hydrogen-bond donors (Lipinski definition) is 2. The summed E-state index contributed by atoms with van der Waals surface area (Å²) in [5.41, 5.74) is 4.84. The zero-order valence-corrected chi connectivity index (χ0v) is 10.9. The van der Waals surface area contributed by atoms with Crippen LogP contribution < -0.4 is 10.6 Å². The lowest BCUT2D eigenvalue weighted by Gasteiger charge is -2.34. The van der Waals surface area contributed by atoms with Crippen molar-refractivity contribution in [3.05, 3.63) is 33.9 Å². The number of primary amides is 1. The third-order valence-corrected chi connectivity index (χ3v) is 3.19. The van der Waals surface area contributed by atoms with Gasteiger partial charge in [-0.2, -0.15) is 0 Å². The van der Waals surface area contributed by atoms with Crippen molar-refractivity contribution in [2.75, 3.05) is 24.7 Å². The van der Waals surface area contributed by atoms with Gasteiger partial charge in [-0.15, -0.1) is 0 Å². The van der Waals surface area contributed by atoms with Crippen molar-refractivity contribution in [2.24, 2.45) is 5.73 Å². The molecule has 0 aliphatic carbocycles. The van der Waals surface area contributed by atoms with Gasteiger partial charge < -0.3 is 20.5 Å². The second kappa shape index (κ2) is 5.75. The predicted molar refractivity (Wildman–Crippen MR) is 71.2 cm³/mol. The quantitative estimate of drug-likeness (QED) is 0.588. The van der Waals surface area contributed by atoms with Crippen molar-refractivity contribution in [3.63, 3.8) is 0 Å². The second-order valence-electron chi connectivity index (χ2n) is 4.45. The number of nitrogens with two attached hydrogens (primary N) is 1. The molecule has 1 aromatic carbocycles. The van der Waals surface area contributed by atoms with Crippen LogP contribution in [0.5, 0.6) is 0 Å². The molecule has 0 radical (unpaired) electrons. The van der Waals surface area contributed by atoms with Gasteiger partial charge in [-0.25, -0.2) is 4.79 Å². The van der Waals surface area contributed by atoms with Crippen molar-refractivity contribution in [1.82, 2.24) is 0 Å². The van der Waals surface area contributed by atoms with Crippen molar-refractivity contribution >= 4 is 23.3 Å². The maximum atomic E-state index is 11.4. The topological polar surface area (TPSA) is 136 Å².